The molecule has 28 heavy (non-hydrogen) atoms. The van der Waals surface area contributed by atoms with Gasteiger partial charge in [0.25, 0.3) is 11.8 Å². The number of hydrogen-bond donors (Lipinski definition) is 1. The summed E-state index contributed by atoms with van der Waals surface area (Å²) in [5.41, 5.74) is 5.13. The molecule has 1 aromatic carbocycles. The van der Waals surface area contributed by atoms with Gasteiger partial charge in [0.2, 0.25) is 0 Å². The number of hydrogen-bond acceptors (Lipinski definition) is 5. The third kappa shape index (κ3) is 2.19. The van der Waals surface area contributed by atoms with E-state index in [1.54, 1.807) is 18.5 Å². The summed E-state index contributed by atoms with van der Waals surface area (Å²) in [6, 6.07) is 9.17. The maximum atomic E-state index is 13.3. The molecule has 136 valence electrons. The fraction of sp³-hybridized carbons (Fsp3) is 0.0952. The first-order chi connectivity index (χ1) is 13.6. The molecule has 4 heterocycles. The lowest BCUT2D eigenvalue weighted by atomic mass is 10.0. The first-order valence-electron chi connectivity index (χ1n) is 8.80. The number of aromatic amines is 1. The molecule has 0 bridgehead atoms. The monoisotopic (exact) mass is 369 g/mol. The molecule has 0 saturated heterocycles. The maximum Gasteiger partial charge on any atom is 0.267 e. The highest BCUT2D eigenvalue weighted by molar-refractivity contribution is 6.38. The van der Waals surface area contributed by atoms with E-state index in [-0.39, 0.29) is 17.4 Å². The van der Waals surface area contributed by atoms with Crippen LogP contribution in [0.2, 0.25) is 0 Å². The number of nitrogens with zero attached hydrogens (tertiary/aromatic N) is 4. The lowest BCUT2D eigenvalue weighted by molar-refractivity contribution is 0.0926. The largest absolute Gasteiger partial charge is 0.275 e. The van der Waals surface area contributed by atoms with Gasteiger partial charge >= 0.3 is 0 Å². The van der Waals surface area contributed by atoms with Gasteiger partial charge in [-0.1, -0.05) is 6.07 Å². The van der Waals surface area contributed by atoms with E-state index >= 15 is 0 Å². The maximum absolute atomic E-state index is 13.3. The molecule has 0 spiro atoms. The molecule has 7 nitrogen and oxygen atoms in total. The van der Waals surface area contributed by atoms with Gasteiger partial charge in [-0.25, -0.2) is 9.88 Å². The second kappa shape index (κ2) is 5.82. The van der Waals surface area contributed by atoms with Gasteiger partial charge in [0.1, 0.15) is 0 Å². The molecule has 5 rings (SSSR count). The Bertz CT molecular complexity index is 1280. The Morgan fingerprint density at radius 2 is 1.75 bits per heavy atom. The van der Waals surface area contributed by atoms with E-state index in [0.717, 1.165) is 16.7 Å². The Morgan fingerprint density at radius 1 is 0.964 bits per heavy atom. The van der Waals surface area contributed by atoms with Crippen LogP contribution in [0.1, 0.15) is 31.8 Å². The average molecular weight is 369 g/mol. The number of carbonyl (C=O) groups excluding carboxylic acids is 2. The van der Waals surface area contributed by atoms with Crippen LogP contribution in [-0.2, 0) is 0 Å². The van der Waals surface area contributed by atoms with Gasteiger partial charge in [0.15, 0.2) is 5.65 Å². The number of amides is 2. The van der Waals surface area contributed by atoms with Gasteiger partial charge in [-0.15, -0.1) is 0 Å². The molecule has 4 aromatic rings. The first-order valence-corrected chi connectivity index (χ1v) is 8.80. The van der Waals surface area contributed by atoms with E-state index < -0.39 is 0 Å². The Morgan fingerprint density at radius 3 is 2.50 bits per heavy atom. The number of pyridine rings is 2. The van der Waals surface area contributed by atoms with Crippen molar-refractivity contribution in [2.75, 3.05) is 4.90 Å². The minimum absolute atomic E-state index is 0.285. The zero-order valence-electron chi connectivity index (χ0n) is 15.2. The summed E-state index contributed by atoms with van der Waals surface area (Å²) in [4.78, 5) is 35.9. The highest BCUT2D eigenvalue weighted by atomic mass is 16.2. The zero-order chi connectivity index (χ0) is 19.4. The summed E-state index contributed by atoms with van der Waals surface area (Å²) in [5, 5.41) is 7.71. The van der Waals surface area contributed by atoms with Crippen LogP contribution in [0, 0.1) is 13.8 Å². The van der Waals surface area contributed by atoms with E-state index in [1.165, 1.54) is 11.1 Å². The minimum Gasteiger partial charge on any atom is -0.275 e. The second-order valence-electron chi connectivity index (χ2n) is 6.79. The molecule has 2 amide bonds. The number of carbonyl (C=O) groups is 2. The first kappa shape index (κ1) is 16.3. The van der Waals surface area contributed by atoms with Crippen molar-refractivity contribution in [2.45, 2.75) is 13.8 Å². The van der Waals surface area contributed by atoms with E-state index in [1.807, 2.05) is 38.1 Å². The van der Waals surface area contributed by atoms with Gasteiger partial charge in [-0.05, 0) is 49.2 Å². The summed E-state index contributed by atoms with van der Waals surface area (Å²) in [6.07, 6.45) is 4.75. The van der Waals surface area contributed by atoms with Gasteiger partial charge < -0.3 is 0 Å². The number of H-pyrrole nitrogens is 1. The van der Waals surface area contributed by atoms with Crippen LogP contribution in [0.15, 0.2) is 48.9 Å². The minimum atomic E-state index is -0.375. The second-order valence-corrected chi connectivity index (χ2v) is 6.79. The molecule has 0 atom stereocenters. The van der Waals surface area contributed by atoms with Crippen LogP contribution in [0.5, 0.6) is 0 Å². The molecular weight excluding hydrogens is 354 g/mol. The number of imide groups is 1. The quantitative estimate of drug-likeness (QED) is 0.547. The van der Waals surface area contributed by atoms with E-state index in [4.69, 9.17) is 0 Å². The molecule has 0 fully saturated rings. The molecule has 1 aliphatic heterocycles. The molecular formula is C21H15N5O2. The SMILES string of the molecule is Cc1ccc(N2C(=O)c3cnc4n[nH]c(-c5ccncc5)c4c3C2=O)cc1C. The summed E-state index contributed by atoms with van der Waals surface area (Å²) in [5.74, 6) is -0.744. The van der Waals surface area contributed by atoms with Crippen LogP contribution < -0.4 is 4.90 Å². The Hall–Kier alpha value is -3.87. The summed E-state index contributed by atoms with van der Waals surface area (Å²) in [7, 11) is 0. The van der Waals surface area contributed by atoms with Crippen molar-refractivity contribution >= 4 is 28.5 Å². The number of benzene rings is 1. The standard InChI is InChI=1S/C21H15N5O2/c1-11-3-4-14(9-12(11)2)26-20(27)15-10-23-19-17(16(15)21(26)28)18(24-25-19)13-5-7-22-8-6-13/h3-10H,1-2H3,(H,23,24,25). The molecule has 0 aliphatic carbocycles. The van der Waals surface area contributed by atoms with Crippen molar-refractivity contribution in [1.82, 2.24) is 20.2 Å². The van der Waals surface area contributed by atoms with Crippen molar-refractivity contribution in [3.05, 3.63) is 71.2 Å². The fourth-order valence-corrected chi connectivity index (χ4v) is 3.52. The third-order valence-electron chi connectivity index (χ3n) is 5.15. The third-order valence-corrected chi connectivity index (χ3v) is 5.15. The highest BCUT2D eigenvalue weighted by Gasteiger charge is 2.40. The van der Waals surface area contributed by atoms with E-state index in [9.17, 15) is 9.59 Å². The molecule has 0 saturated carbocycles. The normalized spacial score (nSPS) is 13.4. The number of aromatic nitrogens is 4. The van der Waals surface area contributed by atoms with Gasteiger partial charge in [-0.2, -0.15) is 5.10 Å². The topological polar surface area (TPSA) is 91.8 Å². The predicted octanol–water partition coefficient (Wildman–Crippen LogP) is 3.44. The number of nitrogens with one attached hydrogen (secondary N) is 1. The molecule has 3 aromatic heterocycles. The summed E-state index contributed by atoms with van der Waals surface area (Å²) >= 11 is 0. The van der Waals surface area contributed by atoms with E-state index in [2.05, 4.69) is 20.2 Å². The summed E-state index contributed by atoms with van der Waals surface area (Å²) in [6.45, 7) is 3.94. The number of fused-ring (bicyclic) bond motifs is 3. The highest BCUT2D eigenvalue weighted by Crippen LogP contribution is 2.36. The van der Waals surface area contributed by atoms with Crippen LogP contribution in [0.4, 0.5) is 5.69 Å². The Labute approximate surface area is 160 Å². The molecule has 7 heteroatoms. The van der Waals surface area contributed by atoms with Crippen molar-refractivity contribution < 1.29 is 9.59 Å². The molecule has 0 unspecified atom stereocenters. The predicted molar refractivity (Wildman–Crippen MR) is 104 cm³/mol. The van der Waals surface area contributed by atoms with Gasteiger partial charge in [0.05, 0.1) is 27.9 Å². The lowest BCUT2D eigenvalue weighted by Gasteiger charge is -2.15. The molecule has 0 radical (unpaired) electrons. The van der Waals surface area contributed by atoms with Crippen molar-refractivity contribution in [1.29, 1.82) is 0 Å². The van der Waals surface area contributed by atoms with Crippen LogP contribution in [0.25, 0.3) is 22.3 Å². The zero-order valence-corrected chi connectivity index (χ0v) is 15.2. The number of rotatable bonds is 2. The molecule has 1 aliphatic rings. The van der Waals surface area contributed by atoms with Gasteiger partial charge in [0, 0.05) is 24.2 Å². The smallest absolute Gasteiger partial charge is 0.267 e. The fourth-order valence-electron chi connectivity index (χ4n) is 3.52. The number of aryl methyl sites for hydroxylation is 2. The van der Waals surface area contributed by atoms with E-state index in [0.29, 0.717) is 28.0 Å². The van der Waals surface area contributed by atoms with Crippen LogP contribution in [-0.4, -0.2) is 32.0 Å². The number of anilines is 1. The Balaban J connectivity index is 1.73. The van der Waals surface area contributed by atoms with Crippen LogP contribution >= 0.6 is 0 Å². The van der Waals surface area contributed by atoms with Gasteiger partial charge in [-0.3, -0.25) is 19.7 Å². The Kier molecular flexibility index (Phi) is 3.39. The van der Waals surface area contributed by atoms with Crippen molar-refractivity contribution in [2.24, 2.45) is 0 Å². The molecule has 1 N–H and O–H groups in total. The van der Waals surface area contributed by atoms with Crippen LogP contribution in [0.3, 0.4) is 0 Å². The lowest BCUT2D eigenvalue weighted by Crippen LogP contribution is -2.29. The van der Waals surface area contributed by atoms with Crippen molar-refractivity contribution in [3.8, 4) is 11.3 Å². The summed E-state index contributed by atoms with van der Waals surface area (Å²) < 4.78 is 0. The van der Waals surface area contributed by atoms with Crippen molar-refractivity contribution in [3.63, 3.8) is 0 Å². The average Bonchev–Trinajstić information content (AvgIpc) is 3.24.